The Hall–Kier alpha value is -1.16. The zero-order chi connectivity index (χ0) is 13.5. The van der Waals surface area contributed by atoms with E-state index in [1.807, 2.05) is 47.0 Å². The van der Waals surface area contributed by atoms with E-state index in [2.05, 4.69) is 6.92 Å². The van der Waals surface area contributed by atoms with Crippen LogP contribution in [0.4, 0.5) is 0 Å². The number of para-hydroxylation sites is 1. The molecule has 0 unspecified atom stereocenters. The van der Waals surface area contributed by atoms with Crippen LogP contribution in [0.15, 0.2) is 30.3 Å². The van der Waals surface area contributed by atoms with Gasteiger partial charge >= 0.3 is 0 Å². The maximum absolute atomic E-state index is 12.1. The van der Waals surface area contributed by atoms with Crippen LogP contribution in [0.25, 0.3) is 0 Å². The molecule has 19 heavy (non-hydrogen) atoms. The van der Waals surface area contributed by atoms with Crippen molar-refractivity contribution < 1.29 is 9.53 Å². The predicted octanol–water partition coefficient (Wildman–Crippen LogP) is 2.81. The highest BCUT2D eigenvalue weighted by molar-refractivity contribution is 7.99. The summed E-state index contributed by atoms with van der Waals surface area (Å²) in [5.41, 5.74) is 0. The number of amides is 1. The van der Waals surface area contributed by atoms with E-state index in [0.717, 1.165) is 31.0 Å². The van der Waals surface area contributed by atoms with Gasteiger partial charge in [0.15, 0.2) is 0 Å². The van der Waals surface area contributed by atoms with Crippen molar-refractivity contribution in [3.8, 4) is 5.75 Å². The third-order valence-electron chi connectivity index (χ3n) is 3.25. The molecule has 0 bridgehead atoms. The van der Waals surface area contributed by atoms with E-state index in [1.165, 1.54) is 0 Å². The SMILES string of the molecule is C[C@H]1CCN(C(=O)CCOc2ccccc2)CCS1. The summed E-state index contributed by atoms with van der Waals surface area (Å²) >= 11 is 1.96. The van der Waals surface area contributed by atoms with Crippen LogP contribution < -0.4 is 4.74 Å². The number of thioether (sulfide) groups is 1. The van der Waals surface area contributed by atoms with Crippen molar-refractivity contribution in [1.82, 2.24) is 4.90 Å². The van der Waals surface area contributed by atoms with Crippen LogP contribution in [0, 0.1) is 0 Å². The van der Waals surface area contributed by atoms with E-state index in [4.69, 9.17) is 4.74 Å². The van der Waals surface area contributed by atoms with E-state index in [1.54, 1.807) is 0 Å². The van der Waals surface area contributed by atoms with E-state index < -0.39 is 0 Å². The average molecular weight is 279 g/mol. The Morgan fingerprint density at radius 2 is 2.16 bits per heavy atom. The Morgan fingerprint density at radius 3 is 2.95 bits per heavy atom. The molecule has 1 aliphatic rings. The van der Waals surface area contributed by atoms with Crippen molar-refractivity contribution in [3.05, 3.63) is 30.3 Å². The molecule has 1 aliphatic heterocycles. The van der Waals surface area contributed by atoms with Crippen molar-refractivity contribution >= 4 is 17.7 Å². The minimum atomic E-state index is 0.214. The number of carbonyl (C=O) groups is 1. The van der Waals surface area contributed by atoms with Gasteiger partial charge in [-0.05, 0) is 18.6 Å². The minimum absolute atomic E-state index is 0.214. The van der Waals surface area contributed by atoms with Gasteiger partial charge in [-0.1, -0.05) is 25.1 Å². The Balaban J connectivity index is 1.72. The number of hydrogen-bond acceptors (Lipinski definition) is 3. The first kappa shape index (κ1) is 14.3. The van der Waals surface area contributed by atoms with Crippen molar-refractivity contribution in [2.24, 2.45) is 0 Å². The van der Waals surface area contributed by atoms with E-state index in [9.17, 15) is 4.79 Å². The molecule has 1 atom stereocenters. The van der Waals surface area contributed by atoms with Gasteiger partial charge in [0.2, 0.25) is 5.91 Å². The summed E-state index contributed by atoms with van der Waals surface area (Å²) in [6.45, 7) is 4.46. The first-order chi connectivity index (χ1) is 9.25. The Kier molecular flexibility index (Phi) is 5.58. The molecule has 1 heterocycles. The summed E-state index contributed by atoms with van der Waals surface area (Å²) in [7, 11) is 0. The summed E-state index contributed by atoms with van der Waals surface area (Å²) < 4.78 is 5.57. The molecule has 4 heteroatoms. The molecule has 0 N–H and O–H groups in total. The summed E-state index contributed by atoms with van der Waals surface area (Å²) in [4.78, 5) is 14.1. The van der Waals surface area contributed by atoms with Gasteiger partial charge in [-0.3, -0.25) is 4.79 Å². The summed E-state index contributed by atoms with van der Waals surface area (Å²) in [5, 5.41) is 0.665. The number of carbonyl (C=O) groups excluding carboxylic acids is 1. The molecule has 0 aromatic heterocycles. The molecule has 1 aromatic rings. The molecule has 1 aromatic carbocycles. The Labute approximate surface area is 119 Å². The lowest BCUT2D eigenvalue weighted by atomic mass is 10.3. The molecule has 1 fully saturated rings. The third kappa shape index (κ3) is 4.78. The molecule has 2 rings (SSSR count). The quantitative estimate of drug-likeness (QED) is 0.849. The standard InChI is InChI=1S/C15H21NO2S/c1-13-7-9-16(10-12-19-13)15(17)8-11-18-14-5-3-2-4-6-14/h2-6,13H,7-12H2,1H3/t13-/m0/s1. The highest BCUT2D eigenvalue weighted by atomic mass is 32.2. The van der Waals surface area contributed by atoms with Gasteiger partial charge in [0.05, 0.1) is 13.0 Å². The maximum atomic E-state index is 12.1. The smallest absolute Gasteiger partial charge is 0.226 e. The number of ether oxygens (including phenoxy) is 1. The van der Waals surface area contributed by atoms with Gasteiger partial charge < -0.3 is 9.64 Å². The monoisotopic (exact) mass is 279 g/mol. The molecule has 1 saturated heterocycles. The Bertz CT molecular complexity index is 396. The number of benzene rings is 1. The minimum Gasteiger partial charge on any atom is -0.493 e. The molecular formula is C15H21NO2S. The molecule has 0 saturated carbocycles. The number of hydrogen-bond donors (Lipinski definition) is 0. The molecule has 3 nitrogen and oxygen atoms in total. The third-order valence-corrected chi connectivity index (χ3v) is 4.47. The van der Waals surface area contributed by atoms with Gasteiger partial charge in [-0.2, -0.15) is 11.8 Å². The van der Waals surface area contributed by atoms with E-state index in [-0.39, 0.29) is 5.91 Å². The van der Waals surface area contributed by atoms with Crippen molar-refractivity contribution in [1.29, 1.82) is 0 Å². The van der Waals surface area contributed by atoms with Crippen LogP contribution in [0.3, 0.4) is 0 Å². The second-order valence-corrected chi connectivity index (χ2v) is 6.31. The maximum Gasteiger partial charge on any atom is 0.226 e. The fourth-order valence-electron chi connectivity index (χ4n) is 2.08. The van der Waals surface area contributed by atoms with Gasteiger partial charge in [0.1, 0.15) is 5.75 Å². The van der Waals surface area contributed by atoms with Crippen LogP contribution >= 0.6 is 11.8 Å². The van der Waals surface area contributed by atoms with Crippen LogP contribution in [0.5, 0.6) is 5.75 Å². The lowest BCUT2D eigenvalue weighted by Crippen LogP contribution is -2.33. The lowest BCUT2D eigenvalue weighted by molar-refractivity contribution is -0.131. The summed E-state index contributed by atoms with van der Waals surface area (Å²) in [6, 6.07) is 9.65. The molecular weight excluding hydrogens is 258 g/mol. The Morgan fingerprint density at radius 1 is 1.37 bits per heavy atom. The van der Waals surface area contributed by atoms with Gasteiger partial charge in [0, 0.05) is 24.1 Å². The van der Waals surface area contributed by atoms with Crippen LogP contribution in [-0.4, -0.2) is 41.5 Å². The van der Waals surface area contributed by atoms with Crippen molar-refractivity contribution in [2.45, 2.75) is 25.0 Å². The average Bonchev–Trinajstić information content (AvgIpc) is 2.65. The zero-order valence-corrected chi connectivity index (χ0v) is 12.2. The van der Waals surface area contributed by atoms with Gasteiger partial charge in [0.25, 0.3) is 0 Å². The van der Waals surface area contributed by atoms with Gasteiger partial charge in [-0.15, -0.1) is 0 Å². The van der Waals surface area contributed by atoms with Crippen LogP contribution in [-0.2, 0) is 4.79 Å². The first-order valence-corrected chi connectivity index (χ1v) is 7.88. The van der Waals surface area contributed by atoms with E-state index >= 15 is 0 Å². The van der Waals surface area contributed by atoms with E-state index in [0.29, 0.717) is 18.3 Å². The largest absolute Gasteiger partial charge is 0.493 e. The zero-order valence-electron chi connectivity index (χ0n) is 11.4. The topological polar surface area (TPSA) is 29.5 Å². The highest BCUT2D eigenvalue weighted by Gasteiger charge is 2.18. The van der Waals surface area contributed by atoms with Crippen LogP contribution in [0.1, 0.15) is 19.8 Å². The molecule has 0 radical (unpaired) electrons. The summed E-state index contributed by atoms with van der Waals surface area (Å²) in [6.07, 6.45) is 1.56. The summed E-state index contributed by atoms with van der Waals surface area (Å²) in [5.74, 6) is 2.09. The fraction of sp³-hybridized carbons (Fsp3) is 0.533. The van der Waals surface area contributed by atoms with Crippen molar-refractivity contribution in [3.63, 3.8) is 0 Å². The van der Waals surface area contributed by atoms with Crippen LogP contribution in [0.2, 0.25) is 0 Å². The highest BCUT2D eigenvalue weighted by Crippen LogP contribution is 2.19. The normalized spacial score (nSPS) is 19.8. The fourth-order valence-corrected chi connectivity index (χ4v) is 3.08. The first-order valence-electron chi connectivity index (χ1n) is 6.83. The lowest BCUT2D eigenvalue weighted by Gasteiger charge is -2.20. The molecule has 0 spiro atoms. The van der Waals surface area contributed by atoms with Crippen molar-refractivity contribution in [2.75, 3.05) is 25.4 Å². The second-order valence-electron chi connectivity index (χ2n) is 4.76. The number of nitrogens with zero attached hydrogens (tertiary/aromatic N) is 1. The second kappa shape index (κ2) is 7.43. The molecule has 1 amide bonds. The van der Waals surface area contributed by atoms with Gasteiger partial charge in [-0.25, -0.2) is 0 Å². The molecule has 0 aliphatic carbocycles. The number of rotatable bonds is 4. The predicted molar refractivity (Wildman–Crippen MR) is 79.7 cm³/mol. The molecule has 104 valence electrons.